The van der Waals surface area contributed by atoms with Gasteiger partial charge in [-0.1, -0.05) is 51.1 Å². The second-order valence-corrected chi connectivity index (χ2v) is 8.83. The first-order chi connectivity index (χ1) is 10.6. The van der Waals surface area contributed by atoms with Gasteiger partial charge >= 0.3 is 0 Å². The Morgan fingerprint density at radius 3 is 2.30 bits per heavy atom. The molecule has 3 heteroatoms. The lowest BCUT2D eigenvalue weighted by molar-refractivity contribution is -0.840. The second-order valence-electron chi connectivity index (χ2n) is 8.83. The number of hydroxylamine groups is 3. The molecule has 1 aromatic carbocycles. The van der Waals surface area contributed by atoms with E-state index in [1.165, 1.54) is 18.4 Å². The highest BCUT2D eigenvalue weighted by atomic mass is 16.6. The van der Waals surface area contributed by atoms with Crippen LogP contribution in [0.4, 0.5) is 0 Å². The van der Waals surface area contributed by atoms with Crippen molar-refractivity contribution in [1.29, 1.82) is 0 Å². The molecule has 3 atom stereocenters. The predicted octanol–water partition coefficient (Wildman–Crippen LogP) is 4.32. The maximum atomic E-state index is 11.9. The van der Waals surface area contributed by atoms with Crippen molar-refractivity contribution >= 4 is 0 Å². The van der Waals surface area contributed by atoms with E-state index in [1.54, 1.807) is 14.1 Å². The second kappa shape index (κ2) is 5.30. The minimum atomic E-state index is -0.297. The van der Waals surface area contributed by atoms with Crippen molar-refractivity contribution < 1.29 is 9.38 Å². The Morgan fingerprint density at radius 1 is 1.17 bits per heavy atom. The SMILES string of the molecule is CC1(C)[C@@H]2CC[C@@]1(C)[C@@](OCC[N+](C)(C)[O-])(c1ccccc1)C2. The molecular formula is C20H31NO2. The van der Waals surface area contributed by atoms with Crippen LogP contribution >= 0.6 is 0 Å². The standard InChI is InChI=1S/C20H31NO2/c1-18(2)17-11-12-19(18,3)20(15-17,16-9-7-6-8-10-16)23-14-13-21(4,5)22/h6-10,17H,11-15H2,1-5H3/t17-,19-,20+/m1/s1. The van der Waals surface area contributed by atoms with Gasteiger partial charge < -0.3 is 14.6 Å². The molecule has 0 unspecified atom stereocenters. The minimum Gasteiger partial charge on any atom is -0.633 e. The molecule has 0 amide bonds. The van der Waals surface area contributed by atoms with Crippen molar-refractivity contribution in [3.05, 3.63) is 41.1 Å². The van der Waals surface area contributed by atoms with Gasteiger partial charge in [0.25, 0.3) is 0 Å². The van der Waals surface area contributed by atoms with Crippen LogP contribution in [0.5, 0.6) is 0 Å². The van der Waals surface area contributed by atoms with E-state index >= 15 is 0 Å². The number of fused-ring (bicyclic) bond motifs is 2. The van der Waals surface area contributed by atoms with Crippen molar-refractivity contribution in [1.82, 2.24) is 0 Å². The van der Waals surface area contributed by atoms with Crippen LogP contribution in [0.15, 0.2) is 30.3 Å². The number of hydrogen-bond acceptors (Lipinski definition) is 2. The van der Waals surface area contributed by atoms with Crippen molar-refractivity contribution in [2.45, 2.75) is 45.6 Å². The number of ether oxygens (including phenoxy) is 1. The first-order valence-electron chi connectivity index (χ1n) is 8.86. The topological polar surface area (TPSA) is 32.3 Å². The number of likely N-dealkylation sites (N-methyl/N-ethyl adjacent to an activating group) is 1. The zero-order chi connectivity index (χ0) is 16.9. The molecule has 0 N–H and O–H groups in total. The first kappa shape index (κ1) is 16.9. The van der Waals surface area contributed by atoms with E-state index in [2.05, 4.69) is 51.1 Å². The van der Waals surface area contributed by atoms with Crippen molar-refractivity contribution in [2.75, 3.05) is 27.2 Å². The zero-order valence-corrected chi connectivity index (χ0v) is 15.3. The van der Waals surface area contributed by atoms with Crippen LogP contribution in [0.2, 0.25) is 0 Å². The minimum absolute atomic E-state index is 0.117. The Bertz CT molecular complexity index is 563. The molecular weight excluding hydrogens is 286 g/mol. The van der Waals surface area contributed by atoms with Gasteiger partial charge in [0.05, 0.1) is 26.3 Å². The highest BCUT2D eigenvalue weighted by Crippen LogP contribution is 2.73. The summed E-state index contributed by atoms with van der Waals surface area (Å²) >= 11 is 0. The fourth-order valence-electron chi connectivity index (χ4n) is 5.13. The molecule has 0 heterocycles. The summed E-state index contributed by atoms with van der Waals surface area (Å²) in [5.74, 6) is 0.697. The average Bonchev–Trinajstić information content (AvgIpc) is 2.79. The number of nitrogens with zero attached hydrogens (tertiary/aromatic N) is 1. The molecule has 3 nitrogen and oxygen atoms in total. The van der Waals surface area contributed by atoms with Crippen LogP contribution in [0, 0.1) is 22.0 Å². The largest absolute Gasteiger partial charge is 0.633 e. The Morgan fingerprint density at radius 2 is 1.83 bits per heavy atom. The van der Waals surface area contributed by atoms with E-state index in [4.69, 9.17) is 4.74 Å². The molecule has 128 valence electrons. The molecule has 0 saturated heterocycles. The van der Waals surface area contributed by atoms with E-state index < -0.39 is 0 Å². The van der Waals surface area contributed by atoms with Crippen LogP contribution in [-0.2, 0) is 10.3 Å². The van der Waals surface area contributed by atoms with Crippen LogP contribution in [0.25, 0.3) is 0 Å². The normalized spacial score (nSPS) is 35.7. The van der Waals surface area contributed by atoms with E-state index in [1.807, 2.05) is 0 Å². The summed E-state index contributed by atoms with van der Waals surface area (Å²) in [6, 6.07) is 10.7. The van der Waals surface area contributed by atoms with Crippen LogP contribution in [-0.4, -0.2) is 31.9 Å². The van der Waals surface area contributed by atoms with Crippen LogP contribution in [0.1, 0.15) is 45.6 Å². The molecule has 23 heavy (non-hydrogen) atoms. The Labute approximate surface area is 140 Å². The molecule has 0 radical (unpaired) electrons. The fraction of sp³-hybridized carbons (Fsp3) is 0.700. The van der Waals surface area contributed by atoms with Crippen molar-refractivity contribution in [3.63, 3.8) is 0 Å². The molecule has 2 fully saturated rings. The molecule has 0 aliphatic heterocycles. The Kier molecular flexibility index (Phi) is 3.90. The lowest BCUT2D eigenvalue weighted by atomic mass is 9.62. The van der Waals surface area contributed by atoms with Gasteiger partial charge in [-0.05, 0) is 36.2 Å². The van der Waals surface area contributed by atoms with Gasteiger partial charge in [0.15, 0.2) is 0 Å². The van der Waals surface area contributed by atoms with Gasteiger partial charge in [-0.2, -0.15) is 0 Å². The summed E-state index contributed by atoms with van der Waals surface area (Å²) in [4.78, 5) is 0. The third-order valence-electron chi connectivity index (χ3n) is 7.08. The van der Waals surface area contributed by atoms with Gasteiger partial charge in [-0.3, -0.25) is 0 Å². The number of benzene rings is 1. The summed E-state index contributed by atoms with van der Waals surface area (Å²) in [5, 5.41) is 11.9. The molecule has 2 aliphatic rings. The highest BCUT2D eigenvalue weighted by Gasteiger charge is 2.70. The monoisotopic (exact) mass is 317 g/mol. The molecule has 1 aromatic rings. The Balaban J connectivity index is 1.97. The maximum absolute atomic E-state index is 11.9. The summed E-state index contributed by atoms with van der Waals surface area (Å²) in [6.07, 6.45) is 3.58. The van der Waals surface area contributed by atoms with E-state index in [0.29, 0.717) is 19.1 Å². The average molecular weight is 317 g/mol. The van der Waals surface area contributed by atoms with E-state index in [0.717, 1.165) is 6.42 Å². The van der Waals surface area contributed by atoms with Gasteiger partial charge in [-0.25, -0.2) is 0 Å². The highest BCUT2D eigenvalue weighted by molar-refractivity contribution is 5.32. The third kappa shape index (κ3) is 2.45. The molecule has 2 bridgehead atoms. The third-order valence-corrected chi connectivity index (χ3v) is 7.08. The lowest BCUT2D eigenvalue weighted by Crippen LogP contribution is -2.48. The number of quaternary nitrogens is 1. The van der Waals surface area contributed by atoms with Crippen molar-refractivity contribution in [3.8, 4) is 0 Å². The zero-order valence-electron chi connectivity index (χ0n) is 15.3. The summed E-state index contributed by atoms with van der Waals surface area (Å²) in [6.45, 7) is 8.24. The maximum Gasteiger partial charge on any atom is 0.102 e. The van der Waals surface area contributed by atoms with Gasteiger partial charge in [0.2, 0.25) is 0 Å². The lowest BCUT2D eigenvalue weighted by Gasteiger charge is -2.49. The quantitative estimate of drug-likeness (QED) is 0.598. The summed E-state index contributed by atoms with van der Waals surface area (Å²) in [5.41, 5.74) is 1.42. The van der Waals surface area contributed by atoms with E-state index in [-0.39, 0.29) is 21.1 Å². The summed E-state index contributed by atoms with van der Waals surface area (Å²) in [7, 11) is 3.37. The Hall–Kier alpha value is -0.900. The predicted molar refractivity (Wildman–Crippen MR) is 93.6 cm³/mol. The van der Waals surface area contributed by atoms with Gasteiger partial charge in [0, 0.05) is 5.41 Å². The van der Waals surface area contributed by atoms with Crippen LogP contribution in [0.3, 0.4) is 0 Å². The number of rotatable bonds is 5. The molecule has 0 spiro atoms. The van der Waals surface area contributed by atoms with Gasteiger partial charge in [-0.15, -0.1) is 0 Å². The first-order valence-corrected chi connectivity index (χ1v) is 8.86. The van der Waals surface area contributed by atoms with Crippen LogP contribution < -0.4 is 0 Å². The molecule has 2 saturated carbocycles. The summed E-state index contributed by atoms with van der Waals surface area (Å²) < 4.78 is 6.31. The fourth-order valence-corrected chi connectivity index (χ4v) is 5.13. The number of hydrogen-bond donors (Lipinski definition) is 0. The van der Waals surface area contributed by atoms with Crippen molar-refractivity contribution in [2.24, 2.45) is 16.7 Å². The van der Waals surface area contributed by atoms with E-state index in [9.17, 15) is 5.21 Å². The van der Waals surface area contributed by atoms with Gasteiger partial charge in [0.1, 0.15) is 6.54 Å². The smallest absolute Gasteiger partial charge is 0.102 e. The molecule has 2 aliphatic carbocycles. The molecule has 0 aromatic heterocycles. The molecule has 3 rings (SSSR count).